The molecule has 3 nitrogen and oxygen atoms in total. The maximum Gasteiger partial charge on any atom is 0.184 e. The van der Waals surface area contributed by atoms with Gasteiger partial charge in [-0.2, -0.15) is 10.2 Å². The SMILES string of the molecule is CCCCC[C@H]1N=N[C@@H]2C(O[Si](C)(C)C)CC[C@@H]21. The highest BCUT2D eigenvalue weighted by molar-refractivity contribution is 6.69. The molecular weight excluding hydrogens is 240 g/mol. The lowest BCUT2D eigenvalue weighted by Gasteiger charge is -2.25. The number of fused-ring (bicyclic) bond motifs is 1. The molecule has 0 aromatic carbocycles. The standard InChI is InChI=1S/C14H28N2OSi/c1-5-6-7-8-12-11-9-10-13(14(11)16-15-12)17-18(2,3)4/h11-14H,5-10H2,1-4H3/t11-,12-,13?,14+/m1/s1. The van der Waals surface area contributed by atoms with Crippen molar-refractivity contribution in [1.29, 1.82) is 0 Å². The molecular formula is C14H28N2OSi. The van der Waals surface area contributed by atoms with Crippen LogP contribution < -0.4 is 0 Å². The number of hydrogen-bond acceptors (Lipinski definition) is 3. The first kappa shape index (κ1) is 14.2. The predicted octanol–water partition coefficient (Wildman–Crippen LogP) is 4.40. The van der Waals surface area contributed by atoms with Crippen LogP contribution >= 0.6 is 0 Å². The second-order valence-electron chi connectivity index (χ2n) is 6.79. The van der Waals surface area contributed by atoms with Crippen molar-refractivity contribution in [2.75, 3.05) is 0 Å². The maximum atomic E-state index is 6.27. The molecule has 0 bridgehead atoms. The Labute approximate surface area is 113 Å². The van der Waals surface area contributed by atoms with Gasteiger partial charge in [0.25, 0.3) is 0 Å². The van der Waals surface area contributed by atoms with Gasteiger partial charge in [0.1, 0.15) is 6.04 Å². The number of rotatable bonds is 6. The fourth-order valence-corrected chi connectivity index (χ4v) is 4.43. The summed E-state index contributed by atoms with van der Waals surface area (Å²) in [5, 5.41) is 9.08. The summed E-state index contributed by atoms with van der Waals surface area (Å²) < 4.78 is 6.27. The van der Waals surface area contributed by atoms with Crippen molar-refractivity contribution in [1.82, 2.24) is 0 Å². The molecule has 2 rings (SSSR count). The molecule has 0 radical (unpaired) electrons. The molecule has 0 aromatic rings. The summed E-state index contributed by atoms with van der Waals surface area (Å²) in [6.45, 7) is 9.06. The van der Waals surface area contributed by atoms with Crippen molar-refractivity contribution in [3.63, 3.8) is 0 Å². The molecule has 0 saturated heterocycles. The minimum atomic E-state index is -1.44. The van der Waals surface area contributed by atoms with Gasteiger partial charge in [0.2, 0.25) is 0 Å². The molecule has 1 aliphatic heterocycles. The Morgan fingerprint density at radius 1 is 1.11 bits per heavy atom. The predicted molar refractivity (Wildman–Crippen MR) is 77.5 cm³/mol. The minimum absolute atomic E-state index is 0.363. The molecule has 2 aliphatic rings. The summed E-state index contributed by atoms with van der Waals surface area (Å²) >= 11 is 0. The Bertz CT molecular complexity index is 301. The Kier molecular flexibility index (Phi) is 4.59. The Morgan fingerprint density at radius 2 is 1.89 bits per heavy atom. The lowest BCUT2D eigenvalue weighted by Crippen LogP contribution is -2.36. The Hall–Kier alpha value is -0.223. The molecule has 104 valence electrons. The van der Waals surface area contributed by atoms with E-state index in [-0.39, 0.29) is 0 Å². The quantitative estimate of drug-likeness (QED) is 0.519. The zero-order chi connectivity index (χ0) is 13.2. The number of hydrogen-bond donors (Lipinski definition) is 0. The summed E-state index contributed by atoms with van der Waals surface area (Å²) in [5.74, 6) is 0.684. The van der Waals surface area contributed by atoms with Crippen molar-refractivity contribution < 1.29 is 4.43 Å². The number of unbranched alkanes of at least 4 members (excludes halogenated alkanes) is 2. The second-order valence-corrected chi connectivity index (χ2v) is 11.3. The van der Waals surface area contributed by atoms with E-state index in [2.05, 4.69) is 36.8 Å². The molecule has 4 heteroatoms. The van der Waals surface area contributed by atoms with E-state index in [1.807, 2.05) is 0 Å². The highest BCUT2D eigenvalue weighted by Crippen LogP contribution is 2.41. The number of nitrogens with zero attached hydrogens (tertiary/aromatic N) is 2. The van der Waals surface area contributed by atoms with Crippen LogP contribution in [0, 0.1) is 5.92 Å². The first-order valence-corrected chi connectivity index (χ1v) is 11.0. The van der Waals surface area contributed by atoms with Crippen molar-refractivity contribution >= 4 is 8.32 Å². The molecule has 1 unspecified atom stereocenters. The van der Waals surface area contributed by atoms with Crippen LogP contribution in [-0.4, -0.2) is 26.5 Å². The topological polar surface area (TPSA) is 34.0 Å². The van der Waals surface area contributed by atoms with Crippen LogP contribution in [0.15, 0.2) is 10.2 Å². The van der Waals surface area contributed by atoms with E-state index in [4.69, 9.17) is 4.43 Å². The molecule has 1 fully saturated rings. The fourth-order valence-electron chi connectivity index (χ4n) is 3.26. The van der Waals surface area contributed by atoms with E-state index in [1.54, 1.807) is 0 Å². The largest absolute Gasteiger partial charge is 0.412 e. The summed E-state index contributed by atoms with van der Waals surface area (Å²) in [5.41, 5.74) is 0. The first-order chi connectivity index (χ1) is 8.51. The van der Waals surface area contributed by atoms with Gasteiger partial charge in [-0.15, -0.1) is 0 Å². The van der Waals surface area contributed by atoms with Crippen molar-refractivity contribution in [2.45, 2.75) is 83.3 Å². The average Bonchev–Trinajstić information content (AvgIpc) is 2.81. The fraction of sp³-hybridized carbons (Fsp3) is 1.00. The van der Waals surface area contributed by atoms with Gasteiger partial charge in [0.05, 0.1) is 12.1 Å². The van der Waals surface area contributed by atoms with Crippen LogP contribution in [0.2, 0.25) is 19.6 Å². The van der Waals surface area contributed by atoms with Crippen LogP contribution in [0.1, 0.15) is 45.4 Å². The van der Waals surface area contributed by atoms with E-state index in [9.17, 15) is 0 Å². The second kappa shape index (κ2) is 5.82. The molecule has 4 atom stereocenters. The molecule has 1 aliphatic carbocycles. The minimum Gasteiger partial charge on any atom is -0.412 e. The van der Waals surface area contributed by atoms with Gasteiger partial charge in [-0.25, -0.2) is 0 Å². The number of azo groups is 1. The zero-order valence-electron chi connectivity index (χ0n) is 12.4. The molecule has 1 heterocycles. The lowest BCUT2D eigenvalue weighted by molar-refractivity contribution is 0.178. The molecule has 0 amide bonds. The monoisotopic (exact) mass is 268 g/mol. The maximum absolute atomic E-state index is 6.27. The molecule has 1 saturated carbocycles. The Balaban J connectivity index is 1.85. The van der Waals surface area contributed by atoms with E-state index < -0.39 is 8.32 Å². The van der Waals surface area contributed by atoms with Crippen LogP contribution in [0.3, 0.4) is 0 Å². The third kappa shape index (κ3) is 3.41. The highest BCUT2D eigenvalue weighted by atomic mass is 28.4. The van der Waals surface area contributed by atoms with Gasteiger partial charge in [-0.3, -0.25) is 0 Å². The van der Waals surface area contributed by atoms with Crippen LogP contribution in [0.25, 0.3) is 0 Å². The van der Waals surface area contributed by atoms with E-state index in [0.717, 1.165) is 0 Å². The summed E-state index contributed by atoms with van der Waals surface area (Å²) in [7, 11) is -1.44. The van der Waals surface area contributed by atoms with Gasteiger partial charge in [-0.1, -0.05) is 26.2 Å². The molecule has 18 heavy (non-hydrogen) atoms. The third-order valence-corrected chi connectivity index (χ3v) is 5.06. The Morgan fingerprint density at radius 3 is 2.56 bits per heavy atom. The van der Waals surface area contributed by atoms with Gasteiger partial charge in [-0.05, 0) is 38.9 Å². The molecule has 0 N–H and O–H groups in total. The molecule has 0 aromatic heterocycles. The highest BCUT2D eigenvalue weighted by Gasteiger charge is 2.45. The van der Waals surface area contributed by atoms with Crippen molar-refractivity contribution in [2.24, 2.45) is 16.1 Å². The first-order valence-electron chi connectivity index (χ1n) is 7.59. The smallest absolute Gasteiger partial charge is 0.184 e. The van der Waals surface area contributed by atoms with E-state index >= 15 is 0 Å². The van der Waals surface area contributed by atoms with Crippen molar-refractivity contribution in [3.8, 4) is 0 Å². The van der Waals surface area contributed by atoms with Gasteiger partial charge < -0.3 is 4.43 Å². The van der Waals surface area contributed by atoms with Gasteiger partial charge in [0.15, 0.2) is 8.32 Å². The van der Waals surface area contributed by atoms with Gasteiger partial charge >= 0.3 is 0 Å². The van der Waals surface area contributed by atoms with Crippen LogP contribution in [0.4, 0.5) is 0 Å². The van der Waals surface area contributed by atoms with E-state index in [0.29, 0.717) is 24.1 Å². The lowest BCUT2D eigenvalue weighted by atomic mass is 9.92. The zero-order valence-corrected chi connectivity index (χ0v) is 13.4. The summed E-state index contributed by atoms with van der Waals surface area (Å²) in [6.07, 6.45) is 7.99. The van der Waals surface area contributed by atoms with Crippen molar-refractivity contribution in [3.05, 3.63) is 0 Å². The van der Waals surface area contributed by atoms with Gasteiger partial charge in [0, 0.05) is 5.92 Å². The van der Waals surface area contributed by atoms with E-state index in [1.165, 1.54) is 38.5 Å². The van der Waals surface area contributed by atoms with Crippen LogP contribution in [0.5, 0.6) is 0 Å². The average molecular weight is 268 g/mol. The summed E-state index contributed by atoms with van der Waals surface area (Å²) in [6, 6.07) is 0.875. The van der Waals surface area contributed by atoms with Crippen LogP contribution in [-0.2, 0) is 4.43 Å². The molecule has 0 spiro atoms. The third-order valence-electron chi connectivity index (χ3n) is 4.06. The summed E-state index contributed by atoms with van der Waals surface area (Å²) in [4.78, 5) is 0. The normalized spacial score (nSPS) is 35.1.